The summed E-state index contributed by atoms with van der Waals surface area (Å²) >= 11 is 0. The lowest BCUT2D eigenvalue weighted by Crippen LogP contribution is -2.31. The van der Waals surface area contributed by atoms with Gasteiger partial charge < -0.3 is 5.11 Å². The van der Waals surface area contributed by atoms with E-state index in [0.717, 1.165) is 19.0 Å². The molecule has 1 aromatic heterocycles. The molecule has 15 heavy (non-hydrogen) atoms. The first-order valence-electron chi connectivity index (χ1n) is 5.35. The van der Waals surface area contributed by atoms with E-state index in [1.165, 1.54) is 12.3 Å². The molecule has 1 aromatic rings. The van der Waals surface area contributed by atoms with Crippen LogP contribution in [0.15, 0.2) is 18.5 Å². The molecule has 0 radical (unpaired) electrons. The Bertz CT molecular complexity index is 321. The van der Waals surface area contributed by atoms with E-state index in [9.17, 15) is 9.50 Å². The molecule has 0 saturated carbocycles. The van der Waals surface area contributed by atoms with Gasteiger partial charge in [-0.05, 0) is 18.9 Å². The van der Waals surface area contributed by atoms with Gasteiger partial charge in [0, 0.05) is 11.8 Å². The van der Waals surface area contributed by atoms with Crippen molar-refractivity contribution in [2.75, 3.05) is 0 Å². The van der Waals surface area contributed by atoms with Crippen LogP contribution in [-0.2, 0) is 5.60 Å². The Hall–Kier alpha value is -0.960. The number of aromatic nitrogens is 1. The number of hydrogen-bond acceptors (Lipinski definition) is 2. The average Bonchev–Trinajstić information content (AvgIpc) is 2.19. The highest BCUT2D eigenvalue weighted by Crippen LogP contribution is 2.33. The maximum Gasteiger partial charge on any atom is 0.141 e. The third-order valence-electron chi connectivity index (χ3n) is 3.07. The summed E-state index contributed by atoms with van der Waals surface area (Å²) in [6, 6.07) is 1.35. The van der Waals surface area contributed by atoms with E-state index in [4.69, 9.17) is 0 Å². The Morgan fingerprint density at radius 2 is 2.00 bits per heavy atom. The minimum atomic E-state index is -1.00. The Kier molecular flexibility index (Phi) is 3.80. The van der Waals surface area contributed by atoms with Gasteiger partial charge in [-0.25, -0.2) is 4.39 Å². The zero-order chi connectivity index (χ0) is 11.5. The molecule has 0 bridgehead atoms. The van der Waals surface area contributed by atoms with E-state index >= 15 is 0 Å². The van der Waals surface area contributed by atoms with E-state index in [2.05, 4.69) is 4.98 Å². The van der Waals surface area contributed by atoms with Crippen molar-refractivity contribution in [3.05, 3.63) is 29.8 Å². The first kappa shape index (κ1) is 12.1. The Balaban J connectivity index is 3.03. The monoisotopic (exact) mass is 211 g/mol. The molecule has 0 fully saturated rings. The second-order valence-electron chi connectivity index (χ2n) is 4.05. The summed E-state index contributed by atoms with van der Waals surface area (Å²) in [6.07, 6.45) is 4.40. The minimum absolute atomic E-state index is 0.126. The third-order valence-corrected chi connectivity index (χ3v) is 3.07. The van der Waals surface area contributed by atoms with E-state index < -0.39 is 11.4 Å². The quantitative estimate of drug-likeness (QED) is 0.830. The largest absolute Gasteiger partial charge is 0.385 e. The van der Waals surface area contributed by atoms with Gasteiger partial charge in [-0.2, -0.15) is 0 Å². The van der Waals surface area contributed by atoms with Gasteiger partial charge in [0.05, 0.1) is 11.8 Å². The molecule has 1 atom stereocenters. The van der Waals surface area contributed by atoms with E-state index in [1.54, 1.807) is 6.92 Å². The Labute approximate surface area is 90.2 Å². The minimum Gasteiger partial charge on any atom is -0.385 e. The summed E-state index contributed by atoms with van der Waals surface area (Å²) in [4.78, 5) is 3.77. The summed E-state index contributed by atoms with van der Waals surface area (Å²) < 4.78 is 13.0. The molecule has 1 unspecified atom stereocenters. The van der Waals surface area contributed by atoms with E-state index in [0.29, 0.717) is 5.56 Å². The van der Waals surface area contributed by atoms with Crippen molar-refractivity contribution < 1.29 is 9.50 Å². The zero-order valence-corrected chi connectivity index (χ0v) is 9.50. The van der Waals surface area contributed by atoms with Gasteiger partial charge in [0.15, 0.2) is 0 Å². The molecule has 0 amide bonds. The fourth-order valence-electron chi connectivity index (χ4n) is 2.01. The van der Waals surface area contributed by atoms with Crippen LogP contribution in [0.1, 0.15) is 39.2 Å². The normalized spacial score (nSPS) is 15.3. The molecule has 0 spiro atoms. The van der Waals surface area contributed by atoms with Crippen LogP contribution in [0.25, 0.3) is 0 Å². The molecule has 1 N–H and O–H groups in total. The van der Waals surface area contributed by atoms with E-state index in [-0.39, 0.29) is 5.92 Å². The fraction of sp³-hybridized carbons (Fsp3) is 0.583. The first-order valence-corrected chi connectivity index (χ1v) is 5.35. The van der Waals surface area contributed by atoms with Gasteiger partial charge in [0.1, 0.15) is 5.82 Å². The van der Waals surface area contributed by atoms with Crippen molar-refractivity contribution in [2.45, 2.75) is 39.2 Å². The first-order chi connectivity index (χ1) is 7.02. The molecule has 1 rings (SSSR count). The van der Waals surface area contributed by atoms with Crippen LogP contribution in [0.4, 0.5) is 4.39 Å². The van der Waals surface area contributed by atoms with Crippen LogP contribution >= 0.6 is 0 Å². The van der Waals surface area contributed by atoms with Crippen LogP contribution < -0.4 is 0 Å². The van der Waals surface area contributed by atoms with Gasteiger partial charge in [-0.3, -0.25) is 4.98 Å². The number of halogens is 1. The lowest BCUT2D eigenvalue weighted by Gasteiger charge is -2.31. The molecule has 0 aromatic carbocycles. The molecule has 3 heteroatoms. The molecule has 0 aliphatic carbocycles. The molecule has 84 valence electrons. The average molecular weight is 211 g/mol. The molecule has 1 heterocycles. The van der Waals surface area contributed by atoms with Crippen molar-refractivity contribution in [1.82, 2.24) is 4.98 Å². The molecular formula is C12H18FNO. The predicted molar refractivity (Wildman–Crippen MR) is 57.8 cm³/mol. The van der Waals surface area contributed by atoms with Crippen LogP contribution in [0.2, 0.25) is 0 Å². The van der Waals surface area contributed by atoms with Crippen molar-refractivity contribution in [3.8, 4) is 0 Å². The van der Waals surface area contributed by atoms with Gasteiger partial charge in [0.2, 0.25) is 0 Å². The number of rotatable bonds is 4. The Morgan fingerprint density at radius 3 is 2.47 bits per heavy atom. The third kappa shape index (κ3) is 2.53. The highest BCUT2D eigenvalue weighted by atomic mass is 19.1. The number of hydrogen-bond donors (Lipinski definition) is 1. The summed E-state index contributed by atoms with van der Waals surface area (Å²) in [5.74, 6) is -0.278. The standard InChI is InChI=1S/C12H18FNO/c1-4-9(5-2)12(3,15)10-6-11(13)8-14-7-10/h6-9,15H,4-5H2,1-3H3. The number of aliphatic hydroxyl groups is 1. The smallest absolute Gasteiger partial charge is 0.141 e. The summed E-state index contributed by atoms with van der Waals surface area (Å²) in [7, 11) is 0. The van der Waals surface area contributed by atoms with Crippen LogP contribution in [0.5, 0.6) is 0 Å². The summed E-state index contributed by atoms with van der Waals surface area (Å²) in [6.45, 7) is 5.77. The van der Waals surface area contributed by atoms with Crippen molar-refractivity contribution >= 4 is 0 Å². The predicted octanol–water partition coefficient (Wildman–Crippen LogP) is 2.86. The van der Waals surface area contributed by atoms with Crippen LogP contribution in [0.3, 0.4) is 0 Å². The highest BCUT2D eigenvalue weighted by molar-refractivity contribution is 5.19. The maximum atomic E-state index is 13.0. The second-order valence-corrected chi connectivity index (χ2v) is 4.05. The van der Waals surface area contributed by atoms with Gasteiger partial charge in [-0.1, -0.05) is 26.7 Å². The van der Waals surface area contributed by atoms with Crippen molar-refractivity contribution in [2.24, 2.45) is 5.92 Å². The summed E-state index contributed by atoms with van der Waals surface area (Å²) in [5, 5.41) is 10.4. The van der Waals surface area contributed by atoms with Crippen molar-refractivity contribution in [1.29, 1.82) is 0 Å². The number of pyridine rings is 1. The van der Waals surface area contributed by atoms with Crippen LogP contribution in [-0.4, -0.2) is 10.1 Å². The Morgan fingerprint density at radius 1 is 1.40 bits per heavy atom. The SMILES string of the molecule is CCC(CC)C(C)(O)c1cncc(F)c1. The molecule has 2 nitrogen and oxygen atoms in total. The molecular weight excluding hydrogens is 193 g/mol. The van der Waals surface area contributed by atoms with Crippen LogP contribution in [0, 0.1) is 11.7 Å². The van der Waals surface area contributed by atoms with Crippen molar-refractivity contribution in [3.63, 3.8) is 0 Å². The van der Waals surface area contributed by atoms with Gasteiger partial charge >= 0.3 is 0 Å². The topological polar surface area (TPSA) is 33.1 Å². The lowest BCUT2D eigenvalue weighted by molar-refractivity contribution is -0.0101. The fourth-order valence-corrected chi connectivity index (χ4v) is 2.01. The van der Waals surface area contributed by atoms with Gasteiger partial charge in [-0.15, -0.1) is 0 Å². The highest BCUT2D eigenvalue weighted by Gasteiger charge is 2.31. The molecule has 0 aliphatic heterocycles. The molecule has 0 saturated heterocycles. The molecule has 0 aliphatic rings. The van der Waals surface area contributed by atoms with Gasteiger partial charge in [0.25, 0.3) is 0 Å². The van der Waals surface area contributed by atoms with E-state index in [1.807, 2.05) is 13.8 Å². The summed E-state index contributed by atoms with van der Waals surface area (Å²) in [5.41, 5.74) is -0.449. The maximum absolute atomic E-state index is 13.0. The lowest BCUT2D eigenvalue weighted by atomic mass is 9.80. The second kappa shape index (κ2) is 4.71. The zero-order valence-electron chi connectivity index (χ0n) is 9.50. The number of nitrogens with zero attached hydrogens (tertiary/aromatic N) is 1.